The van der Waals surface area contributed by atoms with Gasteiger partial charge in [-0.3, -0.25) is 14.9 Å². The molecule has 0 N–H and O–H groups in total. The smallest absolute Gasteiger partial charge is 0.267 e. The van der Waals surface area contributed by atoms with Crippen molar-refractivity contribution in [2.75, 3.05) is 6.61 Å². The molecule has 0 aromatic carbocycles. The summed E-state index contributed by atoms with van der Waals surface area (Å²) < 4.78 is 5.99. The summed E-state index contributed by atoms with van der Waals surface area (Å²) in [5, 5.41) is 10.6. The minimum atomic E-state index is -0.995. The quantitative estimate of drug-likeness (QED) is 0.0746. The number of ether oxygens (including phenoxy) is 1. The molecule has 1 unspecified atom stereocenters. The zero-order valence-corrected chi connectivity index (χ0v) is 20.1. The van der Waals surface area contributed by atoms with Gasteiger partial charge in [0, 0.05) is 18.0 Å². The number of hydrogen-bond acceptors (Lipinski definition) is 4. The predicted molar refractivity (Wildman–Crippen MR) is 128 cm³/mol. The van der Waals surface area contributed by atoms with Crippen LogP contribution in [0.15, 0.2) is 0 Å². The van der Waals surface area contributed by atoms with E-state index in [1.807, 2.05) is 0 Å². The number of hydrogen-bond donors (Lipinski definition) is 0. The van der Waals surface area contributed by atoms with Crippen molar-refractivity contribution in [2.24, 2.45) is 0 Å². The van der Waals surface area contributed by atoms with Crippen LogP contribution in [0.1, 0.15) is 141 Å². The molecular weight excluding hydrogens is 390 g/mol. The van der Waals surface area contributed by atoms with Crippen LogP contribution in [0.3, 0.4) is 0 Å². The van der Waals surface area contributed by atoms with Crippen molar-refractivity contribution in [3.63, 3.8) is 0 Å². The van der Waals surface area contributed by atoms with Gasteiger partial charge in [0.25, 0.3) is 6.04 Å². The summed E-state index contributed by atoms with van der Waals surface area (Å²) >= 11 is 0. The van der Waals surface area contributed by atoms with Crippen LogP contribution in [0.5, 0.6) is 0 Å². The fourth-order valence-corrected chi connectivity index (χ4v) is 4.64. The molecule has 0 bridgehead atoms. The second-order valence-electron chi connectivity index (χ2n) is 9.57. The molecule has 0 amide bonds. The van der Waals surface area contributed by atoms with Gasteiger partial charge >= 0.3 is 0 Å². The van der Waals surface area contributed by atoms with Crippen molar-refractivity contribution >= 4 is 6.29 Å². The number of nitrogens with zero attached hydrogens (tertiary/aromatic N) is 1. The zero-order valence-electron chi connectivity index (χ0n) is 20.1. The molecule has 5 nitrogen and oxygen atoms in total. The lowest BCUT2D eigenvalue weighted by atomic mass is 9.98. The number of unbranched alkanes of at least 4 members (excludes halogenated alkanes) is 15. The summed E-state index contributed by atoms with van der Waals surface area (Å²) in [7, 11) is 0. The Bertz CT molecular complexity index is 424. The molecule has 31 heavy (non-hydrogen) atoms. The second kappa shape index (κ2) is 20.9. The first-order valence-corrected chi connectivity index (χ1v) is 13.4. The first kappa shape index (κ1) is 28.1. The third-order valence-electron chi connectivity index (χ3n) is 6.73. The molecule has 0 heterocycles. The Labute approximate surface area is 191 Å². The Morgan fingerprint density at radius 1 is 0.710 bits per heavy atom. The molecular formula is C26H49NO4. The maximum absolute atomic E-state index is 10.6. The molecule has 1 fully saturated rings. The first-order chi connectivity index (χ1) is 15.2. The molecule has 1 aliphatic rings. The maximum Gasteiger partial charge on any atom is 0.267 e. The number of rotatable bonds is 22. The van der Waals surface area contributed by atoms with Gasteiger partial charge in [-0.25, -0.2) is 0 Å². The van der Waals surface area contributed by atoms with Crippen LogP contribution in [0.2, 0.25) is 0 Å². The molecule has 5 heteroatoms. The monoisotopic (exact) mass is 439 g/mol. The summed E-state index contributed by atoms with van der Waals surface area (Å²) in [6.07, 6.45) is 28.5. The van der Waals surface area contributed by atoms with Gasteiger partial charge in [0.1, 0.15) is 0 Å². The lowest BCUT2D eigenvalue weighted by Gasteiger charge is -2.21. The van der Waals surface area contributed by atoms with E-state index < -0.39 is 11.0 Å². The highest BCUT2D eigenvalue weighted by atomic mass is 16.6. The zero-order chi connectivity index (χ0) is 22.4. The highest BCUT2D eigenvalue weighted by Gasteiger charge is 2.17. The van der Waals surface area contributed by atoms with Gasteiger partial charge in [0.2, 0.25) is 0 Å². The summed E-state index contributed by atoms with van der Waals surface area (Å²) in [5.74, 6) is 0. The fourth-order valence-electron chi connectivity index (χ4n) is 4.64. The van der Waals surface area contributed by atoms with Crippen molar-refractivity contribution < 1.29 is 14.5 Å². The van der Waals surface area contributed by atoms with Crippen LogP contribution in [-0.2, 0) is 9.53 Å². The third-order valence-corrected chi connectivity index (χ3v) is 6.73. The average Bonchev–Trinajstić information content (AvgIpc) is 2.78. The summed E-state index contributed by atoms with van der Waals surface area (Å²) in [6, 6.07) is -0.995. The van der Waals surface area contributed by atoms with Gasteiger partial charge in [0.05, 0.1) is 6.10 Å². The van der Waals surface area contributed by atoms with Crippen LogP contribution in [-0.4, -0.2) is 30.0 Å². The highest BCUT2D eigenvalue weighted by Crippen LogP contribution is 2.20. The van der Waals surface area contributed by atoms with Crippen LogP contribution in [0.25, 0.3) is 0 Å². The maximum atomic E-state index is 10.6. The topological polar surface area (TPSA) is 69.4 Å². The van der Waals surface area contributed by atoms with Crippen LogP contribution in [0, 0.1) is 10.1 Å². The van der Waals surface area contributed by atoms with Crippen molar-refractivity contribution in [3.05, 3.63) is 10.1 Å². The van der Waals surface area contributed by atoms with Crippen molar-refractivity contribution in [3.8, 4) is 0 Å². The molecule has 1 aliphatic carbocycles. The molecule has 0 saturated heterocycles. The standard InChI is InChI=1S/C26H49NO4/c28-24-25(27(29)30)20-16-13-11-9-7-5-3-1-2-4-6-8-10-12-14-19-23-31-26-21-17-15-18-22-26/h24-26H,1-23H2. The third kappa shape index (κ3) is 17.3. The Morgan fingerprint density at radius 2 is 1.13 bits per heavy atom. The van der Waals surface area contributed by atoms with Crippen molar-refractivity contribution in [2.45, 2.75) is 153 Å². The summed E-state index contributed by atoms with van der Waals surface area (Å²) in [5.41, 5.74) is 0. The van der Waals surface area contributed by atoms with E-state index in [2.05, 4.69) is 0 Å². The largest absolute Gasteiger partial charge is 0.378 e. The van der Waals surface area contributed by atoms with Gasteiger partial charge in [0.15, 0.2) is 6.29 Å². The van der Waals surface area contributed by atoms with E-state index in [9.17, 15) is 14.9 Å². The van der Waals surface area contributed by atoms with Gasteiger partial charge < -0.3 is 4.74 Å². The molecule has 0 spiro atoms. The highest BCUT2D eigenvalue weighted by molar-refractivity contribution is 5.55. The first-order valence-electron chi connectivity index (χ1n) is 13.4. The van der Waals surface area contributed by atoms with E-state index in [0.717, 1.165) is 25.9 Å². The Hall–Kier alpha value is -0.970. The lowest BCUT2D eigenvalue weighted by molar-refractivity contribution is -0.506. The van der Waals surface area contributed by atoms with Crippen LogP contribution >= 0.6 is 0 Å². The Balaban J connectivity index is 1.69. The Kier molecular flexibility index (Phi) is 18.9. The van der Waals surface area contributed by atoms with E-state index in [0.29, 0.717) is 18.8 Å². The minimum Gasteiger partial charge on any atom is -0.378 e. The van der Waals surface area contributed by atoms with Crippen LogP contribution < -0.4 is 0 Å². The van der Waals surface area contributed by atoms with Gasteiger partial charge in [-0.05, 0) is 25.7 Å². The number of aldehydes is 1. The molecule has 0 radical (unpaired) electrons. The molecule has 1 saturated carbocycles. The number of nitro groups is 1. The van der Waals surface area contributed by atoms with E-state index in [-0.39, 0.29) is 0 Å². The van der Waals surface area contributed by atoms with E-state index in [4.69, 9.17) is 4.74 Å². The van der Waals surface area contributed by atoms with Crippen molar-refractivity contribution in [1.82, 2.24) is 0 Å². The molecule has 0 aliphatic heterocycles. The van der Waals surface area contributed by atoms with Gasteiger partial charge in [-0.15, -0.1) is 0 Å². The second-order valence-corrected chi connectivity index (χ2v) is 9.57. The predicted octanol–water partition coefficient (Wildman–Crippen LogP) is 7.81. The minimum absolute atomic E-state index is 0.394. The Morgan fingerprint density at radius 3 is 1.55 bits per heavy atom. The van der Waals surface area contributed by atoms with E-state index in [1.165, 1.54) is 116 Å². The van der Waals surface area contributed by atoms with Crippen LogP contribution in [0.4, 0.5) is 0 Å². The average molecular weight is 440 g/mol. The van der Waals surface area contributed by atoms with E-state index in [1.54, 1.807) is 0 Å². The van der Waals surface area contributed by atoms with Gasteiger partial charge in [-0.2, -0.15) is 0 Å². The molecule has 1 rings (SSSR count). The van der Waals surface area contributed by atoms with E-state index >= 15 is 0 Å². The molecule has 182 valence electrons. The molecule has 0 aromatic heterocycles. The SMILES string of the molecule is O=CC(CCCCCCCCCCCCCCCCCCOC1CCCCC1)[N+](=O)[O-]. The molecule has 1 atom stereocenters. The van der Waals surface area contributed by atoms with Gasteiger partial charge in [-0.1, -0.05) is 109 Å². The summed E-state index contributed by atoms with van der Waals surface area (Å²) in [6.45, 7) is 0.979. The molecule has 0 aromatic rings. The lowest BCUT2D eigenvalue weighted by Crippen LogP contribution is -2.20. The summed E-state index contributed by atoms with van der Waals surface area (Å²) in [4.78, 5) is 20.6. The fraction of sp³-hybridized carbons (Fsp3) is 0.962. The van der Waals surface area contributed by atoms with Crippen molar-refractivity contribution in [1.29, 1.82) is 0 Å². The number of carbonyl (C=O) groups is 1. The number of carbonyl (C=O) groups excluding carboxylic acids is 1. The normalized spacial score (nSPS) is 15.7.